The molecule has 1 fully saturated rings. The molecule has 0 spiro atoms. The Kier molecular flexibility index (Phi) is 7.81. The first kappa shape index (κ1) is 24.2. The van der Waals surface area contributed by atoms with Gasteiger partial charge in [0.25, 0.3) is 0 Å². The predicted octanol–water partition coefficient (Wildman–Crippen LogP) is 5.71. The number of hydrogen-bond acceptors (Lipinski definition) is 3. The number of nitrogens with zero attached hydrogens (tertiary/aromatic N) is 1. The standard InChI is InChI=1S/C29H34FNO3/c1-20-28(32)27(19-21-10-14-24(30)15-11-21)26(22-12-16-25(34-2)17-13-22)9-6-18-31(20)29(33)23-7-4-3-5-8-23/h6,9-17,20,23,26-27H,3-5,7-8,18-19H2,1-2H3/b9-6-/t20-,26-,27-/m0/s1. The first-order valence-electron chi connectivity index (χ1n) is 12.4. The van der Waals surface area contributed by atoms with Crippen molar-refractivity contribution in [3.8, 4) is 5.75 Å². The van der Waals surface area contributed by atoms with Gasteiger partial charge in [0.05, 0.1) is 13.2 Å². The molecule has 2 aliphatic rings. The lowest BCUT2D eigenvalue weighted by Crippen LogP contribution is -2.50. The molecule has 1 amide bonds. The minimum Gasteiger partial charge on any atom is -0.497 e. The Morgan fingerprint density at radius 1 is 1.03 bits per heavy atom. The van der Waals surface area contributed by atoms with Gasteiger partial charge < -0.3 is 9.64 Å². The maximum absolute atomic E-state index is 13.9. The van der Waals surface area contributed by atoms with Gasteiger partial charge in [-0.1, -0.05) is 55.7 Å². The SMILES string of the molecule is COc1ccc([C@@H]2/C=C\CN(C(=O)C3CCCCC3)[C@@H](C)C(=O)[C@H]2Cc2ccc(F)cc2)cc1. The van der Waals surface area contributed by atoms with Gasteiger partial charge >= 0.3 is 0 Å². The van der Waals surface area contributed by atoms with Crippen LogP contribution >= 0.6 is 0 Å². The molecule has 1 saturated carbocycles. The van der Waals surface area contributed by atoms with E-state index in [1.165, 1.54) is 18.6 Å². The molecule has 1 aliphatic carbocycles. The number of Topliss-reactive ketones (excluding diaryl/α,β-unsaturated/α-hetero) is 1. The first-order valence-corrected chi connectivity index (χ1v) is 12.4. The van der Waals surface area contributed by atoms with E-state index in [2.05, 4.69) is 6.08 Å². The van der Waals surface area contributed by atoms with Crippen molar-refractivity contribution < 1.29 is 18.7 Å². The summed E-state index contributed by atoms with van der Waals surface area (Å²) in [7, 11) is 1.63. The Hall–Kier alpha value is -2.95. The number of allylic oxidation sites excluding steroid dienone is 1. The monoisotopic (exact) mass is 463 g/mol. The number of benzene rings is 2. The summed E-state index contributed by atoms with van der Waals surface area (Å²) in [6.07, 6.45) is 9.75. The number of ether oxygens (including phenoxy) is 1. The normalized spacial score (nSPS) is 24.9. The second kappa shape index (κ2) is 11.0. The fourth-order valence-electron chi connectivity index (χ4n) is 5.39. The fourth-order valence-corrected chi connectivity index (χ4v) is 5.39. The number of carbonyl (C=O) groups excluding carboxylic acids is 2. The second-order valence-corrected chi connectivity index (χ2v) is 9.57. The summed E-state index contributed by atoms with van der Waals surface area (Å²) >= 11 is 0. The second-order valence-electron chi connectivity index (χ2n) is 9.57. The van der Waals surface area contributed by atoms with Crippen molar-refractivity contribution in [2.75, 3.05) is 13.7 Å². The number of carbonyl (C=O) groups is 2. The highest BCUT2D eigenvalue weighted by molar-refractivity contribution is 5.92. The molecule has 2 aromatic rings. The highest BCUT2D eigenvalue weighted by atomic mass is 19.1. The molecule has 1 aliphatic heterocycles. The average Bonchev–Trinajstić information content (AvgIpc) is 2.88. The van der Waals surface area contributed by atoms with Crippen LogP contribution in [0.3, 0.4) is 0 Å². The van der Waals surface area contributed by atoms with Gasteiger partial charge in [-0.3, -0.25) is 9.59 Å². The van der Waals surface area contributed by atoms with Crippen molar-refractivity contribution in [3.05, 3.63) is 77.6 Å². The van der Waals surface area contributed by atoms with Gasteiger partial charge in [0.15, 0.2) is 5.78 Å². The van der Waals surface area contributed by atoms with Crippen LogP contribution in [0.2, 0.25) is 0 Å². The molecule has 2 aromatic carbocycles. The molecule has 0 N–H and O–H groups in total. The van der Waals surface area contributed by atoms with Crippen LogP contribution < -0.4 is 4.74 Å². The third-order valence-electron chi connectivity index (χ3n) is 7.43. The molecule has 0 saturated heterocycles. The highest BCUT2D eigenvalue weighted by Gasteiger charge is 2.38. The van der Waals surface area contributed by atoms with E-state index in [9.17, 15) is 14.0 Å². The molecule has 1 heterocycles. The molecular formula is C29H34FNO3. The van der Waals surface area contributed by atoms with Crippen LogP contribution in [-0.4, -0.2) is 36.3 Å². The summed E-state index contributed by atoms with van der Waals surface area (Å²) in [5.74, 6) is 0.136. The zero-order chi connectivity index (χ0) is 24.1. The largest absolute Gasteiger partial charge is 0.497 e. The molecule has 34 heavy (non-hydrogen) atoms. The topological polar surface area (TPSA) is 46.6 Å². The maximum Gasteiger partial charge on any atom is 0.226 e. The van der Waals surface area contributed by atoms with Crippen LogP contribution in [0.25, 0.3) is 0 Å². The summed E-state index contributed by atoms with van der Waals surface area (Å²) in [6, 6.07) is 13.6. The van der Waals surface area contributed by atoms with Crippen LogP contribution in [0.1, 0.15) is 56.1 Å². The van der Waals surface area contributed by atoms with Gasteiger partial charge in [0, 0.05) is 24.3 Å². The van der Waals surface area contributed by atoms with E-state index in [1.54, 1.807) is 24.1 Å². The summed E-state index contributed by atoms with van der Waals surface area (Å²) < 4.78 is 18.8. The van der Waals surface area contributed by atoms with E-state index in [0.29, 0.717) is 13.0 Å². The summed E-state index contributed by atoms with van der Waals surface area (Å²) in [5.41, 5.74) is 1.93. The lowest BCUT2D eigenvalue weighted by Gasteiger charge is -2.37. The van der Waals surface area contributed by atoms with Crippen molar-refractivity contribution in [2.24, 2.45) is 11.8 Å². The van der Waals surface area contributed by atoms with Gasteiger partial charge in [-0.2, -0.15) is 0 Å². The van der Waals surface area contributed by atoms with Crippen LogP contribution in [0.4, 0.5) is 4.39 Å². The van der Waals surface area contributed by atoms with Crippen molar-refractivity contribution in [1.29, 1.82) is 0 Å². The van der Waals surface area contributed by atoms with Gasteiger partial charge in [-0.05, 0) is 61.6 Å². The van der Waals surface area contributed by atoms with E-state index in [4.69, 9.17) is 4.74 Å². The molecular weight excluding hydrogens is 429 g/mol. The van der Waals surface area contributed by atoms with E-state index in [1.807, 2.05) is 37.3 Å². The minimum absolute atomic E-state index is 0.0183. The van der Waals surface area contributed by atoms with Crippen molar-refractivity contribution in [1.82, 2.24) is 4.90 Å². The molecule has 0 aromatic heterocycles. The lowest BCUT2D eigenvalue weighted by molar-refractivity contribution is -0.144. The minimum atomic E-state index is -0.509. The third-order valence-corrected chi connectivity index (χ3v) is 7.43. The molecule has 180 valence electrons. The van der Waals surface area contributed by atoms with E-state index < -0.39 is 6.04 Å². The van der Waals surface area contributed by atoms with Crippen molar-refractivity contribution in [3.63, 3.8) is 0 Å². The molecule has 0 bridgehead atoms. The Morgan fingerprint density at radius 2 is 1.71 bits per heavy atom. The third kappa shape index (κ3) is 5.40. The summed E-state index contributed by atoms with van der Waals surface area (Å²) in [4.78, 5) is 29.1. The number of hydrogen-bond donors (Lipinski definition) is 0. The van der Waals surface area contributed by atoms with E-state index in [0.717, 1.165) is 42.6 Å². The zero-order valence-corrected chi connectivity index (χ0v) is 20.1. The molecule has 5 heteroatoms. The quantitative estimate of drug-likeness (QED) is 0.534. The van der Waals surface area contributed by atoms with Crippen molar-refractivity contribution in [2.45, 2.75) is 57.4 Å². The molecule has 0 unspecified atom stereocenters. The van der Waals surface area contributed by atoms with Gasteiger partial charge in [0.1, 0.15) is 11.6 Å². The molecule has 4 rings (SSSR count). The number of amides is 1. The molecule has 0 radical (unpaired) electrons. The smallest absolute Gasteiger partial charge is 0.226 e. The van der Waals surface area contributed by atoms with Gasteiger partial charge in [0.2, 0.25) is 5.91 Å². The van der Waals surface area contributed by atoms with E-state index in [-0.39, 0.29) is 35.3 Å². The zero-order valence-electron chi connectivity index (χ0n) is 20.1. The fraction of sp³-hybridized carbons (Fsp3) is 0.448. The summed E-state index contributed by atoms with van der Waals surface area (Å²) in [5, 5.41) is 0. The first-order chi connectivity index (χ1) is 16.5. The Balaban J connectivity index is 1.66. The lowest BCUT2D eigenvalue weighted by atomic mass is 9.76. The number of ketones is 1. The number of methoxy groups -OCH3 is 1. The van der Waals surface area contributed by atoms with Crippen LogP contribution in [-0.2, 0) is 16.0 Å². The van der Waals surface area contributed by atoms with Gasteiger partial charge in [-0.15, -0.1) is 0 Å². The molecule has 4 nitrogen and oxygen atoms in total. The van der Waals surface area contributed by atoms with Crippen LogP contribution in [0.15, 0.2) is 60.7 Å². The van der Waals surface area contributed by atoms with Crippen molar-refractivity contribution >= 4 is 11.7 Å². The Morgan fingerprint density at radius 3 is 2.35 bits per heavy atom. The average molecular weight is 464 g/mol. The predicted molar refractivity (Wildman–Crippen MR) is 131 cm³/mol. The maximum atomic E-state index is 13.9. The number of rotatable bonds is 5. The van der Waals surface area contributed by atoms with Crippen LogP contribution in [0, 0.1) is 17.7 Å². The van der Waals surface area contributed by atoms with Gasteiger partial charge in [-0.25, -0.2) is 4.39 Å². The van der Waals surface area contributed by atoms with Crippen LogP contribution in [0.5, 0.6) is 5.75 Å². The molecule has 3 atom stereocenters. The Labute approximate surface area is 201 Å². The highest BCUT2D eigenvalue weighted by Crippen LogP contribution is 2.35. The Bertz CT molecular complexity index is 1010. The van der Waals surface area contributed by atoms with E-state index >= 15 is 0 Å². The summed E-state index contributed by atoms with van der Waals surface area (Å²) in [6.45, 7) is 2.31. The number of halogens is 1.